The van der Waals surface area contributed by atoms with Crippen LogP contribution in [0.2, 0.25) is 0 Å². The predicted octanol–water partition coefficient (Wildman–Crippen LogP) is 5.56. The number of hydrogen-bond donors (Lipinski definition) is 1. The van der Waals surface area contributed by atoms with Crippen molar-refractivity contribution in [3.63, 3.8) is 0 Å². The van der Waals surface area contributed by atoms with Gasteiger partial charge in [0.25, 0.3) is 5.91 Å². The Morgan fingerprint density at radius 3 is 2.70 bits per heavy atom. The van der Waals surface area contributed by atoms with Crippen LogP contribution in [0.1, 0.15) is 56.2 Å². The maximum atomic E-state index is 13.7. The number of carbonyl (C=O) groups excluding carboxylic acids is 2. The number of amides is 2. The molecule has 1 saturated heterocycles. The highest BCUT2D eigenvalue weighted by molar-refractivity contribution is 8.04. The maximum Gasteiger partial charge on any atom is 0.260 e. The van der Waals surface area contributed by atoms with Gasteiger partial charge in [-0.2, -0.15) is 0 Å². The molecule has 1 aliphatic heterocycles. The maximum absolute atomic E-state index is 13.7. The first-order chi connectivity index (χ1) is 15.9. The smallest absolute Gasteiger partial charge is 0.260 e. The number of nitrogens with zero attached hydrogens (tertiary/aromatic N) is 1. The van der Waals surface area contributed by atoms with E-state index in [9.17, 15) is 9.59 Å². The van der Waals surface area contributed by atoms with Crippen LogP contribution in [0.3, 0.4) is 0 Å². The average Bonchev–Trinajstić information content (AvgIpc) is 2.82. The van der Waals surface area contributed by atoms with Crippen LogP contribution in [0.5, 0.6) is 0 Å². The van der Waals surface area contributed by atoms with E-state index in [1.807, 2.05) is 48.2 Å². The highest BCUT2D eigenvalue weighted by atomic mass is 32.2. The van der Waals surface area contributed by atoms with Gasteiger partial charge in [0, 0.05) is 29.8 Å². The van der Waals surface area contributed by atoms with E-state index in [-0.39, 0.29) is 29.8 Å². The molecule has 4 nitrogen and oxygen atoms in total. The summed E-state index contributed by atoms with van der Waals surface area (Å²) < 4.78 is 0. The number of carbonyl (C=O) groups is 2. The third-order valence-electron chi connectivity index (χ3n) is 6.81. The number of rotatable bonds is 6. The normalized spacial score (nSPS) is 24.9. The molecule has 0 radical (unpaired) electrons. The summed E-state index contributed by atoms with van der Waals surface area (Å²) in [7, 11) is 0. The van der Waals surface area contributed by atoms with Crippen molar-refractivity contribution in [2.45, 2.75) is 70.3 Å². The van der Waals surface area contributed by atoms with E-state index in [1.165, 1.54) is 5.56 Å². The standard InChI is InChI=1S/C28H34N2O2S/c1-4-20(3)29-27(31)23-13-14-25-24(17-23)30(18-22-12-8-9-19(2)15-22)28(32)26(33-25)16-21-10-6-5-7-11-21/h5-12,15-16,20,23-25H,4,13-14,17-18H2,1-3H3,(H,29,31)/b26-16-. The summed E-state index contributed by atoms with van der Waals surface area (Å²) in [5.74, 6) is 0.185. The van der Waals surface area contributed by atoms with E-state index in [0.717, 1.165) is 41.7 Å². The van der Waals surface area contributed by atoms with Crippen molar-refractivity contribution in [1.29, 1.82) is 0 Å². The Kier molecular flexibility index (Phi) is 7.59. The van der Waals surface area contributed by atoms with Gasteiger partial charge >= 0.3 is 0 Å². The molecule has 2 aromatic rings. The Morgan fingerprint density at radius 2 is 1.97 bits per heavy atom. The Hall–Kier alpha value is -2.53. The quantitative estimate of drug-likeness (QED) is 0.572. The predicted molar refractivity (Wildman–Crippen MR) is 137 cm³/mol. The largest absolute Gasteiger partial charge is 0.353 e. The first-order valence-corrected chi connectivity index (χ1v) is 12.9. The minimum absolute atomic E-state index is 0.0340. The molecule has 2 fully saturated rings. The molecule has 1 heterocycles. The second-order valence-corrected chi connectivity index (χ2v) is 10.7. The van der Waals surface area contributed by atoms with Gasteiger partial charge < -0.3 is 10.2 Å². The molecule has 4 atom stereocenters. The van der Waals surface area contributed by atoms with Crippen molar-refractivity contribution >= 4 is 29.7 Å². The van der Waals surface area contributed by atoms with Crippen molar-refractivity contribution in [2.75, 3.05) is 0 Å². The molecular formula is C28H34N2O2S. The lowest BCUT2D eigenvalue weighted by atomic mass is 9.83. The highest BCUT2D eigenvalue weighted by Gasteiger charge is 2.44. The van der Waals surface area contributed by atoms with E-state index < -0.39 is 0 Å². The molecule has 2 amide bonds. The second kappa shape index (κ2) is 10.6. The first kappa shape index (κ1) is 23.6. The molecule has 5 heteroatoms. The third kappa shape index (κ3) is 5.70. The summed E-state index contributed by atoms with van der Waals surface area (Å²) in [4.78, 5) is 29.5. The second-order valence-electron chi connectivity index (χ2n) is 9.39. The fraction of sp³-hybridized carbons (Fsp3) is 0.429. The number of nitrogens with one attached hydrogen (secondary N) is 1. The zero-order valence-corrected chi connectivity index (χ0v) is 20.6. The number of benzene rings is 2. The van der Waals surface area contributed by atoms with Crippen LogP contribution >= 0.6 is 11.8 Å². The molecular weight excluding hydrogens is 428 g/mol. The minimum atomic E-state index is -0.0340. The fourth-order valence-corrected chi connectivity index (χ4v) is 6.20. The summed E-state index contributed by atoms with van der Waals surface area (Å²) in [5.41, 5.74) is 3.38. The highest BCUT2D eigenvalue weighted by Crippen LogP contribution is 2.44. The zero-order chi connectivity index (χ0) is 23.4. The van der Waals surface area contributed by atoms with Crippen LogP contribution in [0.25, 0.3) is 6.08 Å². The molecule has 1 aliphatic carbocycles. The Labute approximate surface area is 201 Å². The van der Waals surface area contributed by atoms with Crippen LogP contribution in [0.15, 0.2) is 59.5 Å². The lowest BCUT2D eigenvalue weighted by Crippen LogP contribution is -2.54. The van der Waals surface area contributed by atoms with Crippen LogP contribution in [0, 0.1) is 12.8 Å². The molecule has 2 aromatic carbocycles. The average molecular weight is 463 g/mol. The summed E-state index contributed by atoms with van der Waals surface area (Å²) in [6.45, 7) is 6.79. The van der Waals surface area contributed by atoms with Gasteiger partial charge in [0.05, 0.1) is 4.91 Å². The number of hydrogen-bond acceptors (Lipinski definition) is 3. The van der Waals surface area contributed by atoms with Crippen molar-refractivity contribution in [2.24, 2.45) is 5.92 Å². The van der Waals surface area contributed by atoms with Gasteiger partial charge in [-0.3, -0.25) is 9.59 Å². The molecule has 1 saturated carbocycles. The molecule has 33 heavy (non-hydrogen) atoms. The number of fused-ring (bicyclic) bond motifs is 1. The van der Waals surface area contributed by atoms with Gasteiger partial charge in [-0.05, 0) is 56.7 Å². The molecule has 0 bridgehead atoms. The van der Waals surface area contributed by atoms with Crippen LogP contribution in [0.4, 0.5) is 0 Å². The molecule has 0 spiro atoms. The first-order valence-electron chi connectivity index (χ1n) is 12.0. The summed E-state index contributed by atoms with van der Waals surface area (Å²) >= 11 is 1.71. The lowest BCUT2D eigenvalue weighted by molar-refractivity contribution is -0.134. The van der Waals surface area contributed by atoms with Gasteiger partial charge in [-0.25, -0.2) is 0 Å². The van der Waals surface area contributed by atoms with Gasteiger partial charge in [-0.15, -0.1) is 11.8 Å². The Bertz CT molecular complexity index is 1020. The van der Waals surface area contributed by atoms with E-state index in [0.29, 0.717) is 11.8 Å². The van der Waals surface area contributed by atoms with E-state index >= 15 is 0 Å². The van der Waals surface area contributed by atoms with Gasteiger partial charge in [0.2, 0.25) is 5.91 Å². The van der Waals surface area contributed by atoms with Gasteiger partial charge in [0.1, 0.15) is 0 Å². The number of aryl methyl sites for hydroxylation is 1. The Balaban J connectivity index is 1.61. The summed E-state index contributed by atoms with van der Waals surface area (Å²) in [6, 6.07) is 18.7. The van der Waals surface area contributed by atoms with Crippen LogP contribution < -0.4 is 5.32 Å². The molecule has 4 unspecified atom stereocenters. The Morgan fingerprint density at radius 1 is 1.18 bits per heavy atom. The van der Waals surface area contributed by atoms with Crippen molar-refractivity contribution in [3.05, 3.63) is 76.2 Å². The van der Waals surface area contributed by atoms with E-state index in [1.54, 1.807) is 11.8 Å². The van der Waals surface area contributed by atoms with Gasteiger partial charge in [-0.1, -0.05) is 67.1 Å². The zero-order valence-electron chi connectivity index (χ0n) is 19.8. The third-order valence-corrected chi connectivity index (χ3v) is 8.21. The fourth-order valence-electron chi connectivity index (χ4n) is 4.78. The van der Waals surface area contributed by atoms with Crippen molar-refractivity contribution in [1.82, 2.24) is 10.2 Å². The number of thioether (sulfide) groups is 1. The monoisotopic (exact) mass is 462 g/mol. The van der Waals surface area contributed by atoms with E-state index in [2.05, 4.69) is 43.4 Å². The SMILES string of the molecule is CCC(C)NC(=O)C1CCC2S/C(=C\c3ccccc3)C(=O)N(Cc3cccc(C)c3)C2C1. The van der Waals surface area contributed by atoms with Gasteiger partial charge in [0.15, 0.2) is 0 Å². The molecule has 1 N–H and O–H groups in total. The minimum Gasteiger partial charge on any atom is -0.353 e. The lowest BCUT2D eigenvalue weighted by Gasteiger charge is -2.46. The molecule has 174 valence electrons. The molecule has 4 rings (SSSR count). The summed E-state index contributed by atoms with van der Waals surface area (Å²) in [6.07, 6.45) is 5.50. The molecule has 2 aliphatic rings. The van der Waals surface area contributed by atoms with E-state index in [4.69, 9.17) is 0 Å². The molecule has 0 aromatic heterocycles. The van der Waals surface area contributed by atoms with Crippen LogP contribution in [-0.2, 0) is 16.1 Å². The van der Waals surface area contributed by atoms with Crippen LogP contribution in [-0.4, -0.2) is 34.0 Å². The van der Waals surface area contributed by atoms with Crippen molar-refractivity contribution in [3.8, 4) is 0 Å². The topological polar surface area (TPSA) is 49.4 Å². The van der Waals surface area contributed by atoms with Crippen molar-refractivity contribution < 1.29 is 9.59 Å². The summed E-state index contributed by atoms with van der Waals surface area (Å²) in [5, 5.41) is 3.47.